The van der Waals surface area contributed by atoms with Crippen LogP contribution in [0.2, 0.25) is 0 Å². The van der Waals surface area contributed by atoms with Crippen LogP contribution in [0.4, 0.5) is 0 Å². The van der Waals surface area contributed by atoms with Crippen LogP contribution in [0.15, 0.2) is 92.2 Å². The molecular formula is C27H23N7O4S3. The van der Waals surface area contributed by atoms with Crippen molar-refractivity contribution in [2.45, 2.75) is 29.4 Å². The van der Waals surface area contributed by atoms with Crippen LogP contribution >= 0.6 is 23.1 Å². The molecule has 208 valence electrons. The molecule has 4 heterocycles. The summed E-state index contributed by atoms with van der Waals surface area (Å²) in [6.45, 7) is 2.02. The fraction of sp³-hybridized carbons (Fsp3) is 0.148. The zero-order chi connectivity index (χ0) is 28.7. The van der Waals surface area contributed by atoms with E-state index in [0.717, 1.165) is 33.5 Å². The molecule has 0 spiro atoms. The average Bonchev–Trinajstić information content (AvgIpc) is 3.72. The third kappa shape index (κ3) is 5.46. The molecule has 0 radical (unpaired) electrons. The van der Waals surface area contributed by atoms with Crippen LogP contribution in [0, 0.1) is 6.92 Å². The number of H-pyrrole nitrogens is 1. The van der Waals surface area contributed by atoms with Gasteiger partial charge in [0.1, 0.15) is 5.39 Å². The van der Waals surface area contributed by atoms with E-state index in [4.69, 9.17) is 10.2 Å². The highest BCUT2D eigenvalue weighted by molar-refractivity contribution is 7.99. The van der Waals surface area contributed by atoms with Crippen molar-refractivity contribution in [2.75, 3.05) is 5.75 Å². The summed E-state index contributed by atoms with van der Waals surface area (Å²) in [6.07, 6.45) is 1.98. The smallest absolute Gasteiger partial charge is 0.262 e. The second kappa shape index (κ2) is 10.7. The topological polar surface area (TPSA) is 156 Å². The molecule has 14 heteroatoms. The first kappa shape index (κ1) is 27.1. The van der Waals surface area contributed by atoms with E-state index in [1.165, 1.54) is 40.2 Å². The second-order valence-electron chi connectivity index (χ2n) is 9.39. The normalized spacial score (nSPS) is 15.4. The highest BCUT2D eigenvalue weighted by atomic mass is 32.2. The Morgan fingerprint density at radius 2 is 1.90 bits per heavy atom. The van der Waals surface area contributed by atoms with Gasteiger partial charge in [-0.3, -0.25) is 9.59 Å². The third-order valence-corrected chi connectivity index (χ3v) is 9.30. The van der Waals surface area contributed by atoms with E-state index in [9.17, 15) is 18.0 Å². The summed E-state index contributed by atoms with van der Waals surface area (Å²) in [4.78, 5) is 34.5. The highest BCUT2D eigenvalue weighted by Gasteiger charge is 2.33. The summed E-state index contributed by atoms with van der Waals surface area (Å²) in [6, 6.07) is 17.5. The Kier molecular flexibility index (Phi) is 7.07. The van der Waals surface area contributed by atoms with Gasteiger partial charge in [-0.2, -0.15) is 10.2 Å². The van der Waals surface area contributed by atoms with Crippen molar-refractivity contribution in [3.05, 3.63) is 98.6 Å². The molecule has 5 aromatic rings. The van der Waals surface area contributed by atoms with Gasteiger partial charge in [0.25, 0.3) is 11.5 Å². The van der Waals surface area contributed by atoms with Crippen LogP contribution in [-0.4, -0.2) is 50.5 Å². The molecule has 3 N–H and O–H groups in total. The van der Waals surface area contributed by atoms with E-state index >= 15 is 0 Å². The Bertz CT molecular complexity index is 1950. The monoisotopic (exact) mass is 605 g/mol. The maximum Gasteiger partial charge on any atom is 0.262 e. The van der Waals surface area contributed by atoms with E-state index < -0.39 is 15.6 Å². The molecular weight excluding hydrogens is 583 g/mol. The number of hydrogen-bond donors (Lipinski definition) is 2. The zero-order valence-corrected chi connectivity index (χ0v) is 24.0. The maximum absolute atomic E-state index is 13.5. The van der Waals surface area contributed by atoms with Crippen molar-refractivity contribution in [2.24, 2.45) is 10.2 Å². The molecule has 1 aliphatic heterocycles. The lowest BCUT2D eigenvalue weighted by molar-refractivity contribution is -0.130. The van der Waals surface area contributed by atoms with Gasteiger partial charge in [-0.1, -0.05) is 47.7 Å². The van der Waals surface area contributed by atoms with E-state index in [1.807, 2.05) is 48.7 Å². The zero-order valence-electron chi connectivity index (χ0n) is 21.6. The number of amides is 1. The fourth-order valence-electron chi connectivity index (χ4n) is 4.51. The molecule has 0 bridgehead atoms. The predicted octanol–water partition coefficient (Wildman–Crippen LogP) is 3.60. The van der Waals surface area contributed by atoms with Crippen LogP contribution in [-0.2, 0) is 14.8 Å². The van der Waals surface area contributed by atoms with Gasteiger partial charge < -0.3 is 4.98 Å². The molecule has 2 aromatic carbocycles. The largest absolute Gasteiger partial charge is 0.301 e. The average molecular weight is 606 g/mol. The quantitative estimate of drug-likeness (QED) is 0.212. The summed E-state index contributed by atoms with van der Waals surface area (Å²) in [5, 5.41) is 18.1. The lowest BCUT2D eigenvalue weighted by Crippen LogP contribution is -2.28. The Morgan fingerprint density at radius 3 is 2.59 bits per heavy atom. The summed E-state index contributed by atoms with van der Waals surface area (Å²) in [5.41, 5.74) is 3.33. The number of aryl methyl sites for hydroxylation is 1. The maximum atomic E-state index is 13.5. The number of thiophene rings is 1. The number of primary sulfonamides is 1. The van der Waals surface area contributed by atoms with Gasteiger partial charge in [0.2, 0.25) is 10.0 Å². The summed E-state index contributed by atoms with van der Waals surface area (Å²) < 4.78 is 24.6. The number of nitrogens with one attached hydrogen (secondary N) is 1. The van der Waals surface area contributed by atoms with Crippen LogP contribution in [0.1, 0.15) is 28.5 Å². The number of fused-ring (bicyclic) bond motifs is 1. The number of rotatable bonds is 7. The molecule has 0 saturated carbocycles. The molecule has 1 amide bonds. The minimum atomic E-state index is -3.86. The number of hydrogen-bond acceptors (Lipinski definition) is 9. The highest BCUT2D eigenvalue weighted by Crippen LogP contribution is 2.34. The number of nitrogens with two attached hydrogens (primary N) is 1. The van der Waals surface area contributed by atoms with E-state index in [-0.39, 0.29) is 38.8 Å². The molecule has 3 aromatic heterocycles. The Labute approximate surface area is 242 Å². The number of aromatic nitrogens is 4. The molecule has 0 fully saturated rings. The lowest BCUT2D eigenvalue weighted by Gasteiger charge is -2.22. The molecule has 0 saturated heterocycles. The summed E-state index contributed by atoms with van der Waals surface area (Å²) in [7, 11) is -3.86. The molecule has 41 heavy (non-hydrogen) atoms. The van der Waals surface area contributed by atoms with Gasteiger partial charge in [-0.05, 0) is 48.2 Å². The van der Waals surface area contributed by atoms with Gasteiger partial charge in [-0.15, -0.1) is 11.3 Å². The van der Waals surface area contributed by atoms with Gasteiger partial charge in [-0.25, -0.2) is 28.2 Å². The number of hydrazone groups is 1. The Morgan fingerprint density at radius 1 is 1.15 bits per heavy atom. The number of aromatic amines is 1. The summed E-state index contributed by atoms with van der Waals surface area (Å²) >= 11 is 2.68. The van der Waals surface area contributed by atoms with E-state index in [1.54, 1.807) is 11.3 Å². The number of carbonyl (C=O) groups excluding carboxylic acids is 1. The minimum absolute atomic E-state index is 0.00474. The SMILES string of the molecule is Cc1ccc([C@H]2CC(c3cccs3)=NN2C(=O)CSc2nc3c(cnn3-c3ccc(S(N)(=O)=O)cc3)c(=O)[nH]2)cc1. The molecule has 0 unspecified atom stereocenters. The third-order valence-electron chi connectivity index (χ3n) is 6.59. The number of benzene rings is 2. The Hall–Kier alpha value is -4.11. The van der Waals surface area contributed by atoms with Crippen LogP contribution in [0.3, 0.4) is 0 Å². The van der Waals surface area contributed by atoms with Gasteiger partial charge in [0, 0.05) is 6.42 Å². The molecule has 11 nitrogen and oxygen atoms in total. The van der Waals surface area contributed by atoms with E-state index in [0.29, 0.717) is 12.1 Å². The van der Waals surface area contributed by atoms with Crippen molar-refractivity contribution in [3.8, 4) is 5.69 Å². The molecule has 0 aliphatic carbocycles. The molecule has 1 atom stereocenters. The van der Waals surface area contributed by atoms with Crippen molar-refractivity contribution >= 4 is 55.8 Å². The first-order valence-electron chi connectivity index (χ1n) is 12.4. The van der Waals surface area contributed by atoms with Gasteiger partial charge in [0.15, 0.2) is 10.8 Å². The molecule has 1 aliphatic rings. The minimum Gasteiger partial charge on any atom is -0.301 e. The summed E-state index contributed by atoms with van der Waals surface area (Å²) in [5.74, 6) is -0.225. The van der Waals surface area contributed by atoms with Gasteiger partial charge in [0.05, 0.1) is 39.2 Å². The second-order valence-corrected chi connectivity index (χ2v) is 12.9. The lowest BCUT2D eigenvalue weighted by atomic mass is 10.00. The number of thioether (sulfide) groups is 1. The fourth-order valence-corrected chi connectivity index (χ4v) is 6.45. The standard InChI is InChI=1S/C27H23N7O4S3/c1-16-4-6-17(7-5-16)22-13-21(23-3-2-12-39-23)32-34(22)24(35)15-40-27-30-25-20(26(36)31-27)14-29-33(25)18-8-10-19(11-9-18)41(28,37)38/h2-12,14,22H,13,15H2,1H3,(H2,28,37,38)(H,30,31,36)/t22-/m1/s1. The van der Waals surface area contributed by atoms with Crippen molar-refractivity contribution < 1.29 is 13.2 Å². The first-order valence-corrected chi connectivity index (χ1v) is 15.8. The van der Waals surface area contributed by atoms with E-state index in [2.05, 4.69) is 15.1 Å². The van der Waals surface area contributed by atoms with Crippen molar-refractivity contribution in [1.82, 2.24) is 24.8 Å². The van der Waals surface area contributed by atoms with Crippen molar-refractivity contribution in [3.63, 3.8) is 0 Å². The van der Waals surface area contributed by atoms with Crippen LogP contribution in [0.5, 0.6) is 0 Å². The number of nitrogens with zero attached hydrogens (tertiary/aromatic N) is 5. The molecule has 6 rings (SSSR count). The first-order chi connectivity index (χ1) is 19.7. The van der Waals surface area contributed by atoms with Crippen LogP contribution < -0.4 is 10.7 Å². The van der Waals surface area contributed by atoms with Crippen LogP contribution in [0.25, 0.3) is 16.7 Å². The Balaban J connectivity index is 1.26. The predicted molar refractivity (Wildman–Crippen MR) is 158 cm³/mol. The number of carbonyl (C=O) groups is 1. The van der Waals surface area contributed by atoms with Crippen molar-refractivity contribution in [1.29, 1.82) is 0 Å². The van der Waals surface area contributed by atoms with Gasteiger partial charge >= 0.3 is 0 Å². The number of sulfonamides is 1.